The molecular weight excluding hydrogens is 655 g/mol. The van der Waals surface area contributed by atoms with E-state index in [1.54, 1.807) is 22.5 Å². The first-order chi connectivity index (χ1) is 22.7. The van der Waals surface area contributed by atoms with Gasteiger partial charge in [0.05, 0.1) is 31.1 Å². The van der Waals surface area contributed by atoms with Crippen molar-refractivity contribution < 1.29 is 45.4 Å². The molecule has 0 radical (unpaired) electrons. The summed E-state index contributed by atoms with van der Waals surface area (Å²) in [5.74, 6) is -1.22. The van der Waals surface area contributed by atoms with Crippen LogP contribution in [-0.2, 0) is 36.9 Å². The van der Waals surface area contributed by atoms with Crippen molar-refractivity contribution in [2.45, 2.75) is 38.8 Å². The molecule has 2 aliphatic heterocycles. The van der Waals surface area contributed by atoms with E-state index in [1.165, 1.54) is 18.0 Å². The SMILES string of the molecule is Cc1cc(C(=O)N(C)CC(=O)NCCOCCOc2cc(C3=NCC(=O)N3)cc(C(F)(F)F)c2)ccc1CCS(=O)(=O)N1CCCCC1. The van der Waals surface area contributed by atoms with Crippen LogP contribution in [0.25, 0.3) is 0 Å². The van der Waals surface area contributed by atoms with E-state index in [0.29, 0.717) is 25.1 Å². The molecule has 0 atom stereocenters. The lowest BCUT2D eigenvalue weighted by Crippen LogP contribution is -2.39. The van der Waals surface area contributed by atoms with Gasteiger partial charge < -0.3 is 25.0 Å². The largest absolute Gasteiger partial charge is 0.491 e. The summed E-state index contributed by atoms with van der Waals surface area (Å²) >= 11 is 0. The summed E-state index contributed by atoms with van der Waals surface area (Å²) in [4.78, 5) is 41.9. The number of carbonyl (C=O) groups excluding carboxylic acids is 3. The lowest BCUT2D eigenvalue weighted by Gasteiger charge is -2.26. The number of halogens is 3. The smallest absolute Gasteiger partial charge is 0.416 e. The molecule has 1 saturated heterocycles. The Hall–Kier alpha value is -4.02. The van der Waals surface area contributed by atoms with Gasteiger partial charge in [-0.25, -0.2) is 12.7 Å². The quantitative estimate of drug-likeness (QED) is 0.273. The van der Waals surface area contributed by atoms with Crippen LogP contribution in [-0.4, -0.2) is 107 Å². The van der Waals surface area contributed by atoms with Gasteiger partial charge in [0.1, 0.15) is 24.7 Å². The van der Waals surface area contributed by atoms with Crippen LogP contribution in [0.2, 0.25) is 0 Å². The lowest BCUT2D eigenvalue weighted by atomic mass is 10.0. The number of nitrogens with zero attached hydrogens (tertiary/aromatic N) is 3. The number of hydrogen-bond acceptors (Lipinski definition) is 8. The molecule has 0 saturated carbocycles. The summed E-state index contributed by atoms with van der Waals surface area (Å²) < 4.78 is 77.9. The molecule has 2 N–H and O–H groups in total. The first-order valence-corrected chi connectivity index (χ1v) is 17.2. The van der Waals surface area contributed by atoms with Gasteiger partial charge in [0.15, 0.2) is 0 Å². The van der Waals surface area contributed by atoms with Gasteiger partial charge in [0.2, 0.25) is 21.8 Å². The maximum Gasteiger partial charge on any atom is 0.416 e. The van der Waals surface area contributed by atoms with Gasteiger partial charge >= 0.3 is 6.18 Å². The number of amides is 3. The molecule has 3 amide bonds. The first-order valence-electron chi connectivity index (χ1n) is 15.6. The minimum absolute atomic E-state index is 0.00703. The van der Waals surface area contributed by atoms with Crippen LogP contribution in [0.4, 0.5) is 13.2 Å². The second kappa shape index (κ2) is 16.4. The molecule has 12 nitrogen and oxygen atoms in total. The zero-order chi connectivity index (χ0) is 34.9. The molecule has 0 spiro atoms. The molecule has 2 aromatic carbocycles. The first kappa shape index (κ1) is 36.8. The van der Waals surface area contributed by atoms with Crippen molar-refractivity contribution in [1.82, 2.24) is 19.8 Å². The molecule has 16 heteroatoms. The molecule has 262 valence electrons. The summed E-state index contributed by atoms with van der Waals surface area (Å²) in [6, 6.07) is 8.14. The number of alkyl halides is 3. The van der Waals surface area contributed by atoms with Crippen LogP contribution in [0.5, 0.6) is 5.75 Å². The predicted molar refractivity (Wildman–Crippen MR) is 171 cm³/mol. The highest BCUT2D eigenvalue weighted by atomic mass is 32.2. The third-order valence-electron chi connectivity index (χ3n) is 7.87. The fourth-order valence-electron chi connectivity index (χ4n) is 5.28. The Morgan fingerprint density at radius 2 is 1.81 bits per heavy atom. The van der Waals surface area contributed by atoms with Crippen molar-refractivity contribution >= 4 is 33.6 Å². The number of ether oxygens (including phenoxy) is 2. The molecule has 0 aliphatic carbocycles. The molecule has 2 aliphatic rings. The molecule has 2 aromatic rings. The van der Waals surface area contributed by atoms with Crippen LogP contribution < -0.4 is 15.4 Å². The van der Waals surface area contributed by atoms with Gasteiger partial charge in [-0.2, -0.15) is 13.2 Å². The van der Waals surface area contributed by atoms with E-state index in [1.807, 2.05) is 6.92 Å². The Kier molecular flexibility index (Phi) is 12.6. The summed E-state index contributed by atoms with van der Waals surface area (Å²) in [7, 11) is -1.84. The average Bonchev–Trinajstić information content (AvgIpc) is 3.49. The van der Waals surface area contributed by atoms with Crippen molar-refractivity contribution in [3.63, 3.8) is 0 Å². The Balaban J connectivity index is 1.16. The van der Waals surface area contributed by atoms with Crippen LogP contribution in [0.1, 0.15) is 51.9 Å². The second-order valence-corrected chi connectivity index (χ2v) is 13.7. The van der Waals surface area contributed by atoms with Crippen LogP contribution in [0, 0.1) is 6.92 Å². The van der Waals surface area contributed by atoms with E-state index in [9.17, 15) is 36.0 Å². The molecule has 0 bridgehead atoms. The van der Waals surface area contributed by atoms with E-state index in [4.69, 9.17) is 9.47 Å². The molecule has 1 fully saturated rings. The second-order valence-electron chi connectivity index (χ2n) is 11.6. The number of benzene rings is 2. The lowest BCUT2D eigenvalue weighted by molar-refractivity contribution is -0.137. The minimum Gasteiger partial charge on any atom is -0.491 e. The summed E-state index contributed by atoms with van der Waals surface area (Å²) in [5, 5.41) is 5.05. The fourth-order valence-corrected chi connectivity index (χ4v) is 6.83. The number of carbonyl (C=O) groups is 3. The van der Waals surface area contributed by atoms with E-state index >= 15 is 0 Å². The molecule has 48 heavy (non-hydrogen) atoms. The Labute approximate surface area is 277 Å². The minimum atomic E-state index is -4.63. The van der Waals surface area contributed by atoms with E-state index in [0.717, 1.165) is 42.5 Å². The fraction of sp³-hybridized carbons (Fsp3) is 0.500. The highest BCUT2D eigenvalue weighted by molar-refractivity contribution is 7.89. The van der Waals surface area contributed by atoms with Gasteiger partial charge in [0, 0.05) is 37.8 Å². The highest BCUT2D eigenvalue weighted by Crippen LogP contribution is 2.33. The number of nitrogens with one attached hydrogen (secondary N) is 2. The van der Waals surface area contributed by atoms with Gasteiger partial charge in [-0.3, -0.25) is 19.4 Å². The van der Waals surface area contributed by atoms with Gasteiger partial charge in [0.25, 0.3) is 5.91 Å². The van der Waals surface area contributed by atoms with Crippen molar-refractivity contribution in [2.24, 2.45) is 4.99 Å². The monoisotopic (exact) mass is 695 g/mol. The van der Waals surface area contributed by atoms with Crippen LogP contribution in [0.3, 0.4) is 0 Å². The van der Waals surface area contributed by atoms with Crippen molar-refractivity contribution in [3.05, 3.63) is 64.2 Å². The molecular formula is C32H40F3N5O7S. The predicted octanol–water partition coefficient (Wildman–Crippen LogP) is 2.53. The van der Waals surface area contributed by atoms with Crippen molar-refractivity contribution in [1.29, 1.82) is 0 Å². The van der Waals surface area contributed by atoms with Gasteiger partial charge in [-0.15, -0.1) is 0 Å². The number of likely N-dealkylation sites (N-methyl/N-ethyl adjacent to an activating group) is 1. The topological polar surface area (TPSA) is 147 Å². The number of aliphatic imine (C=N–C) groups is 1. The number of amidine groups is 1. The zero-order valence-electron chi connectivity index (χ0n) is 26.9. The maximum absolute atomic E-state index is 13.4. The van der Waals surface area contributed by atoms with Crippen LogP contribution in [0.15, 0.2) is 41.4 Å². The number of piperidine rings is 1. The van der Waals surface area contributed by atoms with Crippen molar-refractivity contribution in [3.8, 4) is 5.75 Å². The number of aryl methyl sites for hydroxylation is 2. The highest BCUT2D eigenvalue weighted by Gasteiger charge is 2.32. The maximum atomic E-state index is 13.4. The zero-order valence-corrected chi connectivity index (χ0v) is 27.7. The standard InChI is InChI=1S/C32H40F3N5O7S/c1-22-16-24(7-6-23(22)8-15-48(44,45)40-10-4-3-5-11-40)31(43)39(2)21-29(42)36-9-12-46-13-14-47-27-18-25(30-37-20-28(41)38-30)17-26(19-27)32(33,34)35/h6-7,16-19H,3-5,8-15,20-21H2,1-2H3,(H,36,42)(H,37,38,41). The number of rotatable bonds is 15. The van der Waals surface area contributed by atoms with Gasteiger partial charge in [-0.05, 0) is 67.6 Å². The third kappa shape index (κ3) is 10.5. The summed E-state index contributed by atoms with van der Waals surface area (Å²) in [6.07, 6.45) is -1.49. The molecule has 4 rings (SSSR count). The van der Waals surface area contributed by atoms with E-state index in [-0.39, 0.29) is 68.3 Å². The third-order valence-corrected chi connectivity index (χ3v) is 9.74. The van der Waals surface area contributed by atoms with E-state index in [2.05, 4.69) is 15.6 Å². The number of sulfonamides is 1. The van der Waals surface area contributed by atoms with Crippen molar-refractivity contribution in [2.75, 3.05) is 65.3 Å². The molecule has 2 heterocycles. The normalized spacial score (nSPS) is 15.5. The van der Waals surface area contributed by atoms with E-state index < -0.39 is 33.6 Å². The molecule has 0 unspecified atom stereocenters. The Morgan fingerprint density at radius 3 is 2.48 bits per heavy atom. The summed E-state index contributed by atoms with van der Waals surface area (Å²) in [6.45, 7) is 2.74. The van der Waals surface area contributed by atoms with Crippen LogP contribution >= 0.6 is 0 Å². The average molecular weight is 696 g/mol. The Morgan fingerprint density at radius 1 is 1.06 bits per heavy atom. The van der Waals surface area contributed by atoms with Gasteiger partial charge in [-0.1, -0.05) is 12.5 Å². The summed E-state index contributed by atoms with van der Waals surface area (Å²) in [5.41, 5.74) is 1.13. The Bertz CT molecular complexity index is 1630. The number of hydrogen-bond donors (Lipinski definition) is 2. The molecule has 0 aromatic heterocycles.